The first-order valence-electron chi connectivity index (χ1n) is 7.34. The molecule has 1 saturated heterocycles. The van der Waals surface area contributed by atoms with Crippen molar-refractivity contribution in [2.45, 2.75) is 25.2 Å². The van der Waals surface area contributed by atoms with E-state index in [-0.39, 0.29) is 25.3 Å². The molecule has 1 fully saturated rings. The van der Waals surface area contributed by atoms with Crippen LogP contribution in [0.3, 0.4) is 0 Å². The summed E-state index contributed by atoms with van der Waals surface area (Å²) < 4.78 is 19.0. The first-order chi connectivity index (χ1) is 11.5. The van der Waals surface area contributed by atoms with E-state index in [1.807, 2.05) is 30.3 Å². The fraction of sp³-hybridized carbons (Fsp3) is 0.312. The highest BCUT2D eigenvalue weighted by molar-refractivity contribution is 7.09. The van der Waals surface area contributed by atoms with Crippen molar-refractivity contribution in [2.75, 3.05) is 6.54 Å². The molecule has 0 bridgehead atoms. The third-order valence-electron chi connectivity index (χ3n) is 3.67. The Bertz CT molecular complexity index is 737. The van der Waals surface area contributed by atoms with E-state index in [1.54, 1.807) is 0 Å². The monoisotopic (exact) mass is 350 g/mol. The molecule has 0 spiro atoms. The maximum atomic E-state index is 13.5. The molecule has 0 unspecified atom stereocenters. The second-order valence-corrected chi connectivity index (χ2v) is 6.32. The van der Waals surface area contributed by atoms with Gasteiger partial charge in [0.1, 0.15) is 35.3 Å². The third kappa shape index (κ3) is 3.53. The van der Waals surface area contributed by atoms with Gasteiger partial charge in [-0.25, -0.2) is 14.2 Å². The van der Waals surface area contributed by atoms with Gasteiger partial charge in [-0.3, -0.25) is 4.79 Å². The van der Waals surface area contributed by atoms with Crippen LogP contribution in [0, 0.1) is 0 Å². The summed E-state index contributed by atoms with van der Waals surface area (Å²) in [6.45, 7) is -0.0147. The minimum atomic E-state index is -1.32. The summed E-state index contributed by atoms with van der Waals surface area (Å²) in [5, 5.41) is 11.2. The molecule has 8 heteroatoms. The van der Waals surface area contributed by atoms with Crippen LogP contribution in [-0.2, 0) is 11.4 Å². The van der Waals surface area contributed by atoms with E-state index in [0.717, 1.165) is 4.90 Å². The van der Waals surface area contributed by atoms with E-state index in [9.17, 15) is 14.0 Å². The van der Waals surface area contributed by atoms with E-state index in [0.29, 0.717) is 10.8 Å². The number of likely N-dealkylation sites (tertiary alicyclic amines) is 1. The molecule has 1 aromatic carbocycles. The Labute approximate surface area is 141 Å². The highest BCUT2D eigenvalue weighted by Crippen LogP contribution is 2.24. The number of carbonyl (C=O) groups excluding carboxylic acids is 1. The van der Waals surface area contributed by atoms with Gasteiger partial charge >= 0.3 is 5.97 Å². The SMILES string of the molecule is O=C(O)[C@@H]1C[C@H](F)CN1C(=O)c1csc(COc2ccccc2)n1. The van der Waals surface area contributed by atoms with Crippen molar-refractivity contribution in [2.24, 2.45) is 0 Å². The predicted molar refractivity (Wildman–Crippen MR) is 84.9 cm³/mol. The van der Waals surface area contributed by atoms with Crippen molar-refractivity contribution >= 4 is 23.2 Å². The van der Waals surface area contributed by atoms with Crippen LogP contribution < -0.4 is 4.74 Å². The fourth-order valence-corrected chi connectivity index (χ4v) is 3.21. The Morgan fingerprint density at radius 2 is 2.12 bits per heavy atom. The maximum absolute atomic E-state index is 13.5. The maximum Gasteiger partial charge on any atom is 0.326 e. The topological polar surface area (TPSA) is 79.7 Å². The molecule has 126 valence electrons. The van der Waals surface area contributed by atoms with Gasteiger partial charge in [0.2, 0.25) is 0 Å². The normalized spacial score (nSPS) is 20.1. The van der Waals surface area contributed by atoms with E-state index in [2.05, 4.69) is 4.98 Å². The molecule has 0 radical (unpaired) electrons. The molecule has 2 aromatic rings. The summed E-state index contributed by atoms with van der Waals surface area (Å²) in [5.41, 5.74) is 0.118. The number of carboxylic acid groups (broad SMARTS) is 1. The quantitative estimate of drug-likeness (QED) is 0.895. The average Bonchev–Trinajstić information content (AvgIpc) is 3.20. The van der Waals surface area contributed by atoms with Crippen LogP contribution in [-0.4, -0.2) is 45.6 Å². The number of nitrogens with zero attached hydrogens (tertiary/aromatic N) is 2. The second-order valence-electron chi connectivity index (χ2n) is 5.37. The van der Waals surface area contributed by atoms with Gasteiger partial charge in [-0.2, -0.15) is 0 Å². The second kappa shape index (κ2) is 6.96. The van der Waals surface area contributed by atoms with Crippen molar-refractivity contribution in [1.29, 1.82) is 0 Å². The Kier molecular flexibility index (Phi) is 4.75. The van der Waals surface area contributed by atoms with Crippen LogP contribution in [0.15, 0.2) is 35.7 Å². The van der Waals surface area contributed by atoms with Gasteiger partial charge in [-0.1, -0.05) is 18.2 Å². The number of carbonyl (C=O) groups is 2. The predicted octanol–water partition coefficient (Wildman–Crippen LogP) is 2.36. The zero-order chi connectivity index (χ0) is 17.1. The molecule has 1 aromatic heterocycles. The zero-order valence-corrected chi connectivity index (χ0v) is 13.4. The van der Waals surface area contributed by atoms with E-state index in [4.69, 9.17) is 9.84 Å². The first kappa shape index (κ1) is 16.4. The number of rotatable bonds is 5. The fourth-order valence-electron chi connectivity index (χ4n) is 2.53. The van der Waals surface area contributed by atoms with E-state index < -0.39 is 24.1 Å². The number of para-hydroxylation sites is 1. The summed E-state index contributed by atoms with van der Waals surface area (Å²) in [4.78, 5) is 28.8. The summed E-state index contributed by atoms with van der Waals surface area (Å²) in [6, 6.07) is 8.04. The number of thiazole rings is 1. The molecule has 1 aliphatic rings. The first-order valence-corrected chi connectivity index (χ1v) is 8.22. The smallest absolute Gasteiger partial charge is 0.326 e. The van der Waals surface area contributed by atoms with Crippen molar-refractivity contribution < 1.29 is 23.8 Å². The van der Waals surface area contributed by atoms with Gasteiger partial charge in [0.05, 0.1) is 6.54 Å². The number of benzene rings is 1. The van der Waals surface area contributed by atoms with Crippen LogP contribution in [0.1, 0.15) is 21.9 Å². The number of carboxylic acids is 1. The van der Waals surface area contributed by atoms with Crippen molar-refractivity contribution in [1.82, 2.24) is 9.88 Å². The van der Waals surface area contributed by atoms with Crippen LogP contribution in [0.2, 0.25) is 0 Å². The number of halogens is 1. The molecular formula is C16H15FN2O4S. The number of hydrogen-bond donors (Lipinski definition) is 1. The summed E-state index contributed by atoms with van der Waals surface area (Å²) >= 11 is 1.24. The van der Waals surface area contributed by atoms with Gasteiger partial charge in [-0.15, -0.1) is 11.3 Å². The lowest BCUT2D eigenvalue weighted by atomic mass is 10.2. The molecule has 0 saturated carbocycles. The molecule has 2 atom stereocenters. The molecular weight excluding hydrogens is 335 g/mol. The van der Waals surface area contributed by atoms with Crippen LogP contribution in [0.5, 0.6) is 5.75 Å². The van der Waals surface area contributed by atoms with Crippen LogP contribution in [0.25, 0.3) is 0 Å². The van der Waals surface area contributed by atoms with Gasteiger partial charge in [0.15, 0.2) is 0 Å². The molecule has 1 amide bonds. The largest absolute Gasteiger partial charge is 0.486 e. The van der Waals surface area contributed by atoms with Crippen molar-refractivity contribution in [3.05, 3.63) is 46.4 Å². The molecule has 24 heavy (non-hydrogen) atoms. The highest BCUT2D eigenvalue weighted by atomic mass is 32.1. The number of aliphatic carboxylic acids is 1. The molecule has 0 aliphatic carbocycles. The lowest BCUT2D eigenvalue weighted by Crippen LogP contribution is -2.40. The number of aromatic nitrogens is 1. The van der Waals surface area contributed by atoms with Crippen molar-refractivity contribution in [3.63, 3.8) is 0 Å². The number of amides is 1. The van der Waals surface area contributed by atoms with Crippen LogP contribution in [0.4, 0.5) is 4.39 Å². The van der Waals surface area contributed by atoms with Gasteiger partial charge in [0, 0.05) is 11.8 Å². The third-order valence-corrected chi connectivity index (χ3v) is 4.49. The molecule has 1 aliphatic heterocycles. The minimum Gasteiger partial charge on any atom is -0.486 e. The zero-order valence-electron chi connectivity index (χ0n) is 12.6. The lowest BCUT2D eigenvalue weighted by Gasteiger charge is -2.19. The summed E-state index contributed by atoms with van der Waals surface area (Å²) in [6.07, 6.45) is -1.51. The number of alkyl halides is 1. The molecule has 2 heterocycles. The molecule has 1 N–H and O–H groups in total. The van der Waals surface area contributed by atoms with Crippen molar-refractivity contribution in [3.8, 4) is 5.75 Å². The summed E-state index contributed by atoms with van der Waals surface area (Å²) in [5.74, 6) is -1.08. The van der Waals surface area contributed by atoms with E-state index >= 15 is 0 Å². The van der Waals surface area contributed by atoms with Gasteiger partial charge in [-0.05, 0) is 12.1 Å². The van der Waals surface area contributed by atoms with Gasteiger partial charge in [0.25, 0.3) is 5.91 Å². The van der Waals surface area contributed by atoms with Crippen LogP contribution >= 0.6 is 11.3 Å². The number of hydrogen-bond acceptors (Lipinski definition) is 5. The Hall–Kier alpha value is -2.48. The Balaban J connectivity index is 1.66. The Morgan fingerprint density at radius 3 is 2.83 bits per heavy atom. The summed E-state index contributed by atoms with van der Waals surface area (Å²) in [7, 11) is 0. The van der Waals surface area contributed by atoms with E-state index in [1.165, 1.54) is 16.7 Å². The lowest BCUT2D eigenvalue weighted by molar-refractivity contribution is -0.141. The van der Waals surface area contributed by atoms with Gasteiger partial charge < -0.3 is 14.7 Å². The number of ether oxygens (including phenoxy) is 1. The molecule has 3 rings (SSSR count). The standard InChI is InChI=1S/C16H15FN2O4S/c17-10-6-13(16(21)22)19(7-10)15(20)12-9-24-14(18-12)8-23-11-4-2-1-3-5-11/h1-5,9-10,13H,6-8H2,(H,21,22)/t10-,13-/m0/s1. The molecule has 6 nitrogen and oxygen atoms in total. The minimum absolute atomic E-state index is 0.118. The Morgan fingerprint density at radius 1 is 1.38 bits per heavy atom. The average molecular weight is 350 g/mol. The highest BCUT2D eigenvalue weighted by Gasteiger charge is 2.40.